The van der Waals surface area contributed by atoms with Gasteiger partial charge in [0.05, 0.1) is 14.2 Å². The van der Waals surface area contributed by atoms with Gasteiger partial charge < -0.3 is 20.3 Å². The Kier molecular flexibility index (Phi) is 10.3. The number of ether oxygens (including phenoxy) is 4. The largest absolute Gasteiger partial charge is 0.508 e. The molecular weight excluding hydrogens is 470 g/mol. The predicted molar refractivity (Wildman–Crippen MR) is 86.9 cm³/mol. The number of benzene rings is 1. The zero-order valence-electron chi connectivity index (χ0n) is 16.2. The molecule has 0 aliphatic carbocycles. The molecule has 0 fully saturated rings. The molecule has 184 valence electrons. The molecule has 0 atom stereocenters. The van der Waals surface area contributed by atoms with Gasteiger partial charge in [-0.2, -0.15) is 35.1 Å². The van der Waals surface area contributed by atoms with Crippen LogP contribution < -0.4 is 5.73 Å². The fourth-order valence-corrected chi connectivity index (χ4v) is 1.59. The second kappa shape index (κ2) is 11.2. The lowest BCUT2D eigenvalue weighted by molar-refractivity contribution is -0.502. The first-order valence-corrected chi connectivity index (χ1v) is 8.02. The zero-order valence-corrected chi connectivity index (χ0v) is 16.2. The van der Waals surface area contributed by atoms with Crippen molar-refractivity contribution >= 4 is 11.9 Å². The van der Waals surface area contributed by atoms with Crippen molar-refractivity contribution in [2.45, 2.75) is 30.9 Å². The van der Waals surface area contributed by atoms with Crippen molar-refractivity contribution in [3.63, 3.8) is 0 Å². The number of carbonyl (C=O) groups is 2. The van der Waals surface area contributed by atoms with Crippen LogP contribution in [-0.2, 0) is 35.0 Å². The van der Waals surface area contributed by atoms with Crippen molar-refractivity contribution in [3.8, 4) is 5.75 Å². The molecule has 3 N–H and O–H groups in total. The number of halogens is 8. The van der Waals surface area contributed by atoms with Crippen LogP contribution in [0.1, 0.15) is 5.56 Å². The van der Waals surface area contributed by atoms with Crippen LogP contribution in [0.5, 0.6) is 5.75 Å². The molecule has 0 aliphatic rings. The Morgan fingerprint density at radius 1 is 0.812 bits per heavy atom. The molecule has 0 saturated carbocycles. The molecule has 16 heteroatoms. The number of hydrogen-bond donors (Lipinski definition) is 2. The molecule has 0 saturated heterocycles. The predicted octanol–water partition coefficient (Wildman–Crippen LogP) is 2.63. The Bertz CT molecular complexity index is 719. The maximum absolute atomic E-state index is 12.8. The fourth-order valence-electron chi connectivity index (χ4n) is 1.59. The third kappa shape index (κ3) is 8.43. The fraction of sp³-hybridized carbons (Fsp3) is 0.500. The van der Waals surface area contributed by atoms with Gasteiger partial charge >= 0.3 is 36.4 Å². The van der Waals surface area contributed by atoms with E-state index in [1.54, 1.807) is 12.1 Å². The minimum atomic E-state index is -6.44. The molecule has 1 aromatic rings. The zero-order chi connectivity index (χ0) is 25.4. The summed E-state index contributed by atoms with van der Waals surface area (Å²) in [6.45, 7) is 0.658. The van der Waals surface area contributed by atoms with E-state index in [4.69, 9.17) is 10.8 Å². The number of aromatic hydroxyl groups is 1. The monoisotopic (exact) mass is 487 g/mol. The SMILES string of the molecule is COC(=O)C(F)(F)OC(F)(F)C(F)(F)OC(F)(F)C(=O)OC.NCCc1ccc(O)cc1. The van der Waals surface area contributed by atoms with Crippen LogP contribution in [0.4, 0.5) is 35.1 Å². The molecule has 1 rings (SSSR count). The van der Waals surface area contributed by atoms with Gasteiger partial charge in [0, 0.05) is 0 Å². The number of methoxy groups -OCH3 is 2. The summed E-state index contributed by atoms with van der Waals surface area (Å²) in [4.78, 5) is 20.7. The summed E-state index contributed by atoms with van der Waals surface area (Å²) in [5.41, 5.74) is 6.50. The van der Waals surface area contributed by atoms with Crippen LogP contribution in [0.3, 0.4) is 0 Å². The summed E-state index contributed by atoms with van der Waals surface area (Å²) in [5.74, 6) is -5.33. The summed E-state index contributed by atoms with van der Waals surface area (Å²) < 4.78 is 113. The Hall–Kier alpha value is -2.72. The van der Waals surface area contributed by atoms with Crippen LogP contribution >= 0.6 is 0 Å². The highest BCUT2D eigenvalue weighted by molar-refractivity contribution is 5.76. The summed E-state index contributed by atoms with van der Waals surface area (Å²) in [6, 6.07) is 7.10. The van der Waals surface area contributed by atoms with Crippen molar-refractivity contribution in [2.24, 2.45) is 5.73 Å². The average Bonchev–Trinajstić information content (AvgIpc) is 2.67. The highest BCUT2D eigenvalue weighted by Gasteiger charge is 2.70. The number of esters is 2. The van der Waals surface area contributed by atoms with Gasteiger partial charge in [-0.25, -0.2) is 19.1 Å². The highest BCUT2D eigenvalue weighted by Crippen LogP contribution is 2.43. The van der Waals surface area contributed by atoms with Gasteiger partial charge in [0.2, 0.25) is 0 Å². The minimum absolute atomic E-state index is 0.276. The van der Waals surface area contributed by atoms with Gasteiger partial charge in [0.1, 0.15) is 5.75 Å². The standard InChI is InChI=1S/C8H6F8O6.C8H11NO/c1-19-3(17)5(9,10)21-7(13,14)8(15,16)22-6(11,12)4(18)20-2;9-6-5-7-1-3-8(10)4-2-7/h1-2H3;1-4,10H,5-6,9H2. The molecule has 8 nitrogen and oxygen atoms in total. The van der Waals surface area contributed by atoms with Crippen molar-refractivity contribution in [1.82, 2.24) is 0 Å². The normalized spacial score (nSPS) is 12.5. The van der Waals surface area contributed by atoms with E-state index < -0.39 is 36.4 Å². The van der Waals surface area contributed by atoms with Crippen LogP contribution in [0, 0.1) is 0 Å². The molecule has 0 amide bonds. The number of phenols is 1. The number of nitrogens with two attached hydrogens (primary N) is 1. The molecule has 0 heterocycles. The van der Waals surface area contributed by atoms with E-state index >= 15 is 0 Å². The number of alkyl halides is 8. The van der Waals surface area contributed by atoms with Crippen LogP contribution in [0.2, 0.25) is 0 Å². The maximum atomic E-state index is 12.8. The van der Waals surface area contributed by atoms with Crippen molar-refractivity contribution in [1.29, 1.82) is 0 Å². The lowest BCUT2D eigenvalue weighted by Gasteiger charge is -2.29. The quantitative estimate of drug-likeness (QED) is 0.404. The van der Waals surface area contributed by atoms with Gasteiger partial charge in [-0.15, -0.1) is 0 Å². The maximum Gasteiger partial charge on any atom is 0.460 e. The van der Waals surface area contributed by atoms with Crippen molar-refractivity contribution in [2.75, 3.05) is 20.8 Å². The lowest BCUT2D eigenvalue weighted by Crippen LogP contribution is -2.54. The van der Waals surface area contributed by atoms with E-state index in [9.17, 15) is 44.7 Å². The van der Waals surface area contributed by atoms with Gasteiger partial charge in [-0.1, -0.05) is 12.1 Å². The Balaban J connectivity index is 0.000000792. The van der Waals surface area contributed by atoms with Gasteiger partial charge in [-0.3, -0.25) is 0 Å². The molecule has 32 heavy (non-hydrogen) atoms. The van der Waals surface area contributed by atoms with E-state index in [1.807, 2.05) is 12.1 Å². The van der Waals surface area contributed by atoms with E-state index in [0.717, 1.165) is 6.42 Å². The second-order valence-electron chi connectivity index (χ2n) is 5.46. The Morgan fingerprint density at radius 3 is 1.44 bits per heavy atom. The number of rotatable bonds is 9. The van der Waals surface area contributed by atoms with Crippen LogP contribution in [0.25, 0.3) is 0 Å². The third-order valence-corrected chi connectivity index (χ3v) is 3.07. The van der Waals surface area contributed by atoms with Crippen molar-refractivity contribution < 1.29 is 68.8 Å². The molecule has 0 spiro atoms. The van der Waals surface area contributed by atoms with E-state index in [1.165, 1.54) is 5.56 Å². The molecule has 1 aromatic carbocycles. The third-order valence-electron chi connectivity index (χ3n) is 3.07. The smallest absolute Gasteiger partial charge is 0.460 e. The summed E-state index contributed by atoms with van der Waals surface area (Å²) in [6.07, 6.45) is -23.2. The molecular formula is C16H17F8NO7. The highest BCUT2D eigenvalue weighted by atomic mass is 19.3. The first-order chi connectivity index (χ1) is 14.5. The van der Waals surface area contributed by atoms with E-state index in [2.05, 4.69) is 18.9 Å². The number of carbonyl (C=O) groups excluding carboxylic acids is 2. The number of hydrogen-bond acceptors (Lipinski definition) is 8. The van der Waals surface area contributed by atoms with Gasteiger partial charge in [0.15, 0.2) is 0 Å². The second-order valence-corrected chi connectivity index (χ2v) is 5.46. The Morgan fingerprint density at radius 2 is 1.16 bits per heavy atom. The van der Waals surface area contributed by atoms with E-state index in [-0.39, 0.29) is 14.2 Å². The topological polar surface area (TPSA) is 117 Å². The summed E-state index contributed by atoms with van der Waals surface area (Å²) in [5, 5.41) is 8.89. The molecule has 0 aromatic heterocycles. The first-order valence-electron chi connectivity index (χ1n) is 8.02. The van der Waals surface area contributed by atoms with Crippen molar-refractivity contribution in [3.05, 3.63) is 29.8 Å². The first kappa shape index (κ1) is 29.3. The number of phenolic OH excluding ortho intramolecular Hbond substituents is 1. The Labute approximate surface area is 174 Å². The lowest BCUT2D eigenvalue weighted by atomic mass is 10.1. The van der Waals surface area contributed by atoms with Gasteiger partial charge in [-0.05, 0) is 30.7 Å². The molecule has 0 aliphatic heterocycles. The minimum Gasteiger partial charge on any atom is -0.508 e. The van der Waals surface area contributed by atoms with Gasteiger partial charge in [0.25, 0.3) is 0 Å². The summed E-state index contributed by atoms with van der Waals surface area (Å²) in [7, 11) is 0.551. The van der Waals surface area contributed by atoms with E-state index in [0.29, 0.717) is 12.3 Å². The summed E-state index contributed by atoms with van der Waals surface area (Å²) >= 11 is 0. The van der Waals surface area contributed by atoms with Crippen LogP contribution in [0.15, 0.2) is 24.3 Å². The van der Waals surface area contributed by atoms with Crippen LogP contribution in [-0.4, -0.2) is 62.2 Å². The molecule has 0 unspecified atom stereocenters. The average molecular weight is 487 g/mol. The molecule has 0 bridgehead atoms. The molecule has 0 radical (unpaired) electrons.